The maximum atomic E-state index is 9.57. The Morgan fingerprint density at radius 3 is 1.78 bits per heavy atom. The van der Waals surface area contributed by atoms with Crippen molar-refractivity contribution in [2.45, 2.75) is 50.0 Å². The summed E-state index contributed by atoms with van der Waals surface area (Å²) in [6.07, 6.45) is 15.2. The lowest BCUT2D eigenvalue weighted by Gasteiger charge is -2.27. The molecule has 54 heavy (non-hydrogen) atoms. The average Bonchev–Trinajstić information content (AvgIpc) is 3.73. The number of thiophene rings is 2. The fraction of sp³-hybridized carbons (Fsp3) is 0.180. The molecular weight excluding hydrogens is 693 g/mol. The highest BCUT2D eigenvalue weighted by atomic mass is 32.1. The minimum Gasteiger partial charge on any atom is -0.378 e. The van der Waals surface area contributed by atoms with E-state index in [1.54, 1.807) is 0 Å². The lowest BCUT2D eigenvalue weighted by atomic mass is 9.77. The highest BCUT2D eigenvalue weighted by Crippen LogP contribution is 2.45. The standard InChI is InChI=1S/C50H40N2S2/c1-31-23-45(33-9-3-2-4-10-33)52-46(34-17-15-32(30-51)16-18-34)29-42(31)39-25-37(35-19-21-49-43(27-35)40-11-5-7-13-47(40)53-49)24-38(26-39)36-20-22-50-44(28-36)41-12-6-8-14-48(41)54-50/h2-22,24-26,29,31,35-36,42,45,52H,23,27-28H2,1H3/t31-,35?,36?,42?,45?/m0/s1. The first-order valence-corrected chi connectivity index (χ1v) is 20.8. The lowest BCUT2D eigenvalue weighted by molar-refractivity contribution is 0.428. The number of nitriles is 1. The van der Waals surface area contributed by atoms with Crippen LogP contribution in [0.2, 0.25) is 0 Å². The van der Waals surface area contributed by atoms with Crippen molar-refractivity contribution in [1.29, 1.82) is 5.26 Å². The molecule has 0 radical (unpaired) electrons. The van der Waals surface area contributed by atoms with Crippen LogP contribution in [-0.4, -0.2) is 0 Å². The van der Waals surface area contributed by atoms with Crippen LogP contribution < -0.4 is 5.32 Å². The van der Waals surface area contributed by atoms with Crippen LogP contribution in [0.15, 0.2) is 140 Å². The first-order valence-electron chi connectivity index (χ1n) is 19.1. The van der Waals surface area contributed by atoms with Crippen molar-refractivity contribution in [2.75, 3.05) is 0 Å². The third-order valence-electron chi connectivity index (χ3n) is 11.9. The second-order valence-corrected chi connectivity index (χ2v) is 17.4. The first kappa shape index (κ1) is 33.1. The molecule has 2 aliphatic carbocycles. The molecular formula is C50H40N2S2. The SMILES string of the molecule is C[C@H]1CC(c2ccccc2)NC(c2ccc(C#N)cc2)=CC1c1cc(C2C=Cc3sc4ccccc4c3C2)cc(C2C=Cc3sc4ccccc4c3C2)c1. The Bertz CT molecular complexity index is 2550. The van der Waals surface area contributed by atoms with Gasteiger partial charge in [-0.3, -0.25) is 0 Å². The molecule has 10 rings (SSSR count). The summed E-state index contributed by atoms with van der Waals surface area (Å²) in [5.74, 6) is 1.19. The molecule has 3 aliphatic rings. The van der Waals surface area contributed by atoms with E-state index in [1.807, 2.05) is 34.8 Å². The second-order valence-electron chi connectivity index (χ2n) is 15.3. The Kier molecular flexibility index (Phi) is 8.43. The van der Waals surface area contributed by atoms with Gasteiger partial charge in [0, 0.05) is 42.6 Å². The minimum atomic E-state index is 0.175. The monoisotopic (exact) mass is 732 g/mol. The van der Waals surface area contributed by atoms with E-state index in [9.17, 15) is 5.26 Å². The molecule has 0 fully saturated rings. The molecule has 5 aromatic carbocycles. The van der Waals surface area contributed by atoms with Crippen LogP contribution >= 0.6 is 22.7 Å². The third kappa shape index (κ3) is 6.02. The van der Waals surface area contributed by atoms with Crippen molar-refractivity contribution < 1.29 is 0 Å². The summed E-state index contributed by atoms with van der Waals surface area (Å²) in [5.41, 5.74) is 11.4. The summed E-state index contributed by atoms with van der Waals surface area (Å²) >= 11 is 3.84. The van der Waals surface area contributed by atoms with E-state index in [0.29, 0.717) is 23.3 Å². The Morgan fingerprint density at radius 1 is 0.630 bits per heavy atom. The minimum absolute atomic E-state index is 0.175. The van der Waals surface area contributed by atoms with Crippen LogP contribution in [0.1, 0.15) is 91.4 Å². The molecule has 4 heteroatoms. The number of hydrogen-bond donors (Lipinski definition) is 1. The number of rotatable bonds is 5. The second kappa shape index (κ2) is 13.7. The van der Waals surface area contributed by atoms with Crippen molar-refractivity contribution in [3.8, 4) is 6.07 Å². The zero-order valence-electron chi connectivity index (χ0n) is 30.2. The van der Waals surface area contributed by atoms with Gasteiger partial charge in [-0.05, 0) is 111 Å². The van der Waals surface area contributed by atoms with Crippen LogP contribution in [0.4, 0.5) is 0 Å². The predicted molar refractivity (Wildman–Crippen MR) is 229 cm³/mol. The van der Waals surface area contributed by atoms with Crippen molar-refractivity contribution in [3.63, 3.8) is 0 Å². The maximum Gasteiger partial charge on any atom is 0.0991 e. The normalized spacial score (nSPS) is 21.9. The molecule has 3 heterocycles. The quantitative estimate of drug-likeness (QED) is 0.191. The number of nitrogens with zero attached hydrogens (tertiary/aromatic N) is 1. The number of hydrogen-bond acceptors (Lipinski definition) is 4. The zero-order chi connectivity index (χ0) is 36.2. The predicted octanol–water partition coefficient (Wildman–Crippen LogP) is 13.2. The molecule has 0 saturated heterocycles. The largest absolute Gasteiger partial charge is 0.378 e. The van der Waals surface area contributed by atoms with Gasteiger partial charge in [0.1, 0.15) is 0 Å². The zero-order valence-corrected chi connectivity index (χ0v) is 31.8. The van der Waals surface area contributed by atoms with Gasteiger partial charge >= 0.3 is 0 Å². The molecule has 5 atom stereocenters. The lowest BCUT2D eigenvalue weighted by Crippen LogP contribution is -2.20. The van der Waals surface area contributed by atoms with Crippen molar-refractivity contribution in [2.24, 2.45) is 5.92 Å². The van der Waals surface area contributed by atoms with E-state index < -0.39 is 0 Å². The smallest absolute Gasteiger partial charge is 0.0991 e. The van der Waals surface area contributed by atoms with Gasteiger partial charge in [-0.1, -0.05) is 122 Å². The van der Waals surface area contributed by atoms with E-state index >= 15 is 0 Å². The van der Waals surface area contributed by atoms with Crippen LogP contribution in [0, 0.1) is 17.2 Å². The van der Waals surface area contributed by atoms with Crippen LogP contribution in [-0.2, 0) is 12.8 Å². The Hall–Kier alpha value is -5.47. The molecule has 2 nitrogen and oxygen atoms in total. The molecule has 1 aliphatic heterocycles. The molecule has 1 N–H and O–H groups in total. The summed E-state index contributed by atoms with van der Waals surface area (Å²) in [4.78, 5) is 2.81. The molecule has 7 aromatic rings. The Labute approximate surface area is 325 Å². The van der Waals surface area contributed by atoms with E-state index in [-0.39, 0.29) is 12.0 Å². The summed E-state index contributed by atoms with van der Waals surface area (Å²) < 4.78 is 2.75. The van der Waals surface area contributed by atoms with Crippen LogP contribution in [0.5, 0.6) is 0 Å². The fourth-order valence-electron chi connectivity index (χ4n) is 9.08. The summed E-state index contributed by atoms with van der Waals surface area (Å²) in [7, 11) is 0. The topological polar surface area (TPSA) is 35.8 Å². The molecule has 0 spiro atoms. The van der Waals surface area contributed by atoms with E-state index in [0.717, 1.165) is 30.5 Å². The van der Waals surface area contributed by atoms with Crippen molar-refractivity contribution >= 4 is 60.7 Å². The number of benzene rings is 5. The van der Waals surface area contributed by atoms with Gasteiger partial charge in [0.2, 0.25) is 0 Å². The summed E-state index contributed by atoms with van der Waals surface area (Å²) in [5, 5.41) is 16.4. The van der Waals surface area contributed by atoms with Crippen molar-refractivity contribution in [3.05, 3.63) is 194 Å². The molecule has 0 saturated carbocycles. The van der Waals surface area contributed by atoms with Crippen LogP contribution in [0.3, 0.4) is 0 Å². The van der Waals surface area contributed by atoms with Gasteiger partial charge in [0.15, 0.2) is 0 Å². The van der Waals surface area contributed by atoms with E-state index in [4.69, 9.17) is 0 Å². The highest BCUT2D eigenvalue weighted by molar-refractivity contribution is 7.20. The third-order valence-corrected chi connectivity index (χ3v) is 14.3. The number of nitrogens with one attached hydrogen (secondary N) is 1. The first-order chi connectivity index (χ1) is 26.6. The fourth-order valence-corrected chi connectivity index (χ4v) is 11.4. The van der Waals surface area contributed by atoms with E-state index in [2.05, 4.69) is 158 Å². The molecule has 4 unspecified atom stereocenters. The van der Waals surface area contributed by atoms with Gasteiger partial charge in [0.05, 0.1) is 17.7 Å². The number of allylic oxidation sites excluding steroid dienone is 3. The van der Waals surface area contributed by atoms with Crippen LogP contribution in [0.25, 0.3) is 38.0 Å². The Balaban J connectivity index is 1.09. The van der Waals surface area contributed by atoms with Gasteiger partial charge in [-0.2, -0.15) is 5.26 Å². The average molecular weight is 733 g/mol. The molecule has 0 amide bonds. The number of fused-ring (bicyclic) bond motifs is 6. The van der Waals surface area contributed by atoms with Crippen molar-refractivity contribution in [1.82, 2.24) is 5.32 Å². The van der Waals surface area contributed by atoms with Gasteiger partial charge < -0.3 is 5.32 Å². The maximum absolute atomic E-state index is 9.57. The molecule has 2 aromatic heterocycles. The Morgan fingerprint density at radius 2 is 1.19 bits per heavy atom. The molecule has 262 valence electrons. The van der Waals surface area contributed by atoms with Gasteiger partial charge in [-0.25, -0.2) is 0 Å². The van der Waals surface area contributed by atoms with Gasteiger partial charge in [0.25, 0.3) is 0 Å². The summed E-state index contributed by atoms with van der Waals surface area (Å²) in [6.45, 7) is 2.43. The van der Waals surface area contributed by atoms with E-state index in [1.165, 1.54) is 63.3 Å². The van der Waals surface area contributed by atoms with Gasteiger partial charge in [-0.15, -0.1) is 22.7 Å². The highest BCUT2D eigenvalue weighted by Gasteiger charge is 2.30. The molecule has 0 bridgehead atoms. The summed E-state index contributed by atoms with van der Waals surface area (Å²) in [6, 6.07) is 46.8.